The molecule has 1 fully saturated rings. The molecule has 1 aromatic rings. The van der Waals surface area contributed by atoms with E-state index < -0.39 is 35.5 Å². The van der Waals surface area contributed by atoms with Gasteiger partial charge in [-0.1, -0.05) is 11.6 Å². The molecule has 2 aliphatic heterocycles. The Kier molecular flexibility index (Phi) is 4.35. The van der Waals surface area contributed by atoms with Crippen molar-refractivity contribution in [1.82, 2.24) is 5.06 Å². The van der Waals surface area contributed by atoms with E-state index in [9.17, 15) is 29.5 Å². The van der Waals surface area contributed by atoms with Crippen molar-refractivity contribution >= 4 is 23.4 Å². The molecule has 34 heavy (non-hydrogen) atoms. The second-order valence-electron chi connectivity index (χ2n) is 9.50. The van der Waals surface area contributed by atoms with Gasteiger partial charge in [-0.15, -0.1) is 0 Å². The zero-order valence-electron chi connectivity index (χ0n) is 18.3. The summed E-state index contributed by atoms with van der Waals surface area (Å²) < 4.78 is 5.83. The predicted molar refractivity (Wildman–Crippen MR) is 116 cm³/mol. The summed E-state index contributed by atoms with van der Waals surface area (Å²) in [5, 5.41) is 20.2. The lowest BCUT2D eigenvalue weighted by molar-refractivity contribution is -0.173. The number of rotatable bonds is 1. The molecule has 2 amide bonds. The van der Waals surface area contributed by atoms with Crippen LogP contribution in [0, 0.1) is 23.7 Å². The summed E-state index contributed by atoms with van der Waals surface area (Å²) in [4.78, 5) is 51.7. The van der Waals surface area contributed by atoms with Crippen LogP contribution in [0.15, 0.2) is 64.5 Å². The molecule has 0 spiro atoms. The van der Waals surface area contributed by atoms with Gasteiger partial charge >= 0.3 is 0 Å². The minimum atomic E-state index is -0.787. The van der Waals surface area contributed by atoms with E-state index in [-0.39, 0.29) is 35.2 Å². The maximum atomic E-state index is 13.3. The fourth-order valence-electron chi connectivity index (χ4n) is 6.15. The van der Waals surface area contributed by atoms with Crippen LogP contribution in [0.4, 0.5) is 0 Å². The number of hydrogen-bond acceptors (Lipinski definition) is 7. The van der Waals surface area contributed by atoms with Gasteiger partial charge in [0.25, 0.3) is 11.8 Å². The van der Waals surface area contributed by atoms with Gasteiger partial charge in [0.1, 0.15) is 11.5 Å². The van der Waals surface area contributed by atoms with Gasteiger partial charge in [0, 0.05) is 34.6 Å². The summed E-state index contributed by atoms with van der Waals surface area (Å²) in [7, 11) is 0. The Morgan fingerprint density at radius 3 is 2.68 bits per heavy atom. The van der Waals surface area contributed by atoms with Gasteiger partial charge in [-0.05, 0) is 55.5 Å². The number of Topliss-reactive ketones (excluding diaryl/α,β-unsaturated/α-hetero) is 1. The molecule has 0 bridgehead atoms. The third-order valence-corrected chi connectivity index (χ3v) is 7.69. The fraction of sp³-hybridized carbons (Fsp3) is 0.308. The molecule has 3 aliphatic carbocycles. The Labute approximate surface area is 194 Å². The van der Waals surface area contributed by atoms with E-state index in [2.05, 4.69) is 0 Å². The second kappa shape index (κ2) is 7.11. The number of aromatic hydroxyl groups is 1. The van der Waals surface area contributed by atoms with Crippen molar-refractivity contribution < 1.29 is 34.2 Å². The topological polar surface area (TPSA) is 121 Å². The number of fused-ring (bicyclic) bond motifs is 4. The standard InChI is InChI=1S/C26H21NO7/c1-11-6-19(29)18-9-17-15(3-4-16-22(17)26(32)27(33)25(16)31)21(23(18)24(11)30)13-7-12-8-14(28)2-5-20(12)34-10-13/h2-3,5-6,8,10,16-17,21-22,28,33H,4,7,9H2,1H3. The van der Waals surface area contributed by atoms with Crippen LogP contribution < -0.4 is 4.74 Å². The summed E-state index contributed by atoms with van der Waals surface area (Å²) in [5.41, 5.74) is 3.36. The highest BCUT2D eigenvalue weighted by Crippen LogP contribution is 2.54. The molecule has 172 valence electrons. The van der Waals surface area contributed by atoms with Crippen molar-refractivity contribution in [3.8, 4) is 11.5 Å². The Hall–Kier alpha value is -3.78. The third-order valence-electron chi connectivity index (χ3n) is 7.69. The van der Waals surface area contributed by atoms with E-state index in [1.54, 1.807) is 25.3 Å². The number of nitrogens with zero attached hydrogens (tertiary/aromatic N) is 1. The van der Waals surface area contributed by atoms with E-state index >= 15 is 0 Å². The van der Waals surface area contributed by atoms with Crippen LogP contribution in [0.3, 0.4) is 0 Å². The molecule has 0 radical (unpaired) electrons. The lowest BCUT2D eigenvalue weighted by Gasteiger charge is -2.43. The molecule has 0 aromatic heterocycles. The van der Waals surface area contributed by atoms with Crippen molar-refractivity contribution in [2.75, 3.05) is 0 Å². The highest BCUT2D eigenvalue weighted by molar-refractivity contribution is 6.23. The first kappa shape index (κ1) is 20.8. The number of ether oxygens (including phenoxy) is 1. The van der Waals surface area contributed by atoms with Crippen LogP contribution in [-0.4, -0.2) is 38.8 Å². The fourth-order valence-corrected chi connectivity index (χ4v) is 6.15. The summed E-state index contributed by atoms with van der Waals surface area (Å²) in [6, 6.07) is 4.79. The van der Waals surface area contributed by atoms with E-state index in [0.717, 1.165) is 16.7 Å². The van der Waals surface area contributed by atoms with E-state index in [1.165, 1.54) is 12.1 Å². The van der Waals surface area contributed by atoms with Crippen molar-refractivity contribution in [3.63, 3.8) is 0 Å². The Morgan fingerprint density at radius 2 is 1.88 bits per heavy atom. The summed E-state index contributed by atoms with van der Waals surface area (Å²) in [6.07, 6.45) is 5.59. The number of ketones is 2. The average molecular weight is 459 g/mol. The summed E-state index contributed by atoms with van der Waals surface area (Å²) in [6.45, 7) is 1.61. The number of hydrogen-bond donors (Lipinski definition) is 2. The summed E-state index contributed by atoms with van der Waals surface area (Å²) >= 11 is 0. The van der Waals surface area contributed by atoms with Crippen LogP contribution in [0.5, 0.6) is 11.5 Å². The lowest BCUT2D eigenvalue weighted by Crippen LogP contribution is -2.41. The minimum absolute atomic E-state index is 0.0885. The van der Waals surface area contributed by atoms with E-state index in [0.29, 0.717) is 28.9 Å². The van der Waals surface area contributed by atoms with E-state index in [1.807, 2.05) is 6.08 Å². The monoisotopic (exact) mass is 459 g/mol. The van der Waals surface area contributed by atoms with Crippen LogP contribution in [0.2, 0.25) is 0 Å². The van der Waals surface area contributed by atoms with Crippen LogP contribution in [-0.2, 0) is 25.6 Å². The number of allylic oxidation sites excluding steroid dienone is 7. The van der Waals surface area contributed by atoms with Crippen molar-refractivity contribution in [3.05, 3.63) is 70.0 Å². The maximum Gasteiger partial charge on any atom is 0.257 e. The molecule has 6 rings (SSSR count). The predicted octanol–water partition coefficient (Wildman–Crippen LogP) is 2.56. The normalized spacial score (nSPS) is 30.1. The zero-order chi connectivity index (χ0) is 23.9. The molecular formula is C26H21NO7. The van der Waals surface area contributed by atoms with Gasteiger partial charge in [0.2, 0.25) is 0 Å². The number of benzene rings is 1. The first-order valence-electron chi connectivity index (χ1n) is 11.2. The van der Waals surface area contributed by atoms with Gasteiger partial charge in [-0.3, -0.25) is 24.4 Å². The minimum Gasteiger partial charge on any atom is -0.508 e. The second-order valence-corrected chi connectivity index (χ2v) is 9.50. The number of carbonyl (C=O) groups excluding carboxylic acids is 4. The average Bonchev–Trinajstić information content (AvgIpc) is 3.05. The van der Waals surface area contributed by atoms with Crippen molar-refractivity contribution in [2.45, 2.75) is 26.2 Å². The molecule has 4 atom stereocenters. The Balaban J connectivity index is 1.50. The first-order chi connectivity index (χ1) is 16.3. The molecule has 8 heteroatoms. The number of phenols is 1. The molecule has 0 saturated carbocycles. The maximum absolute atomic E-state index is 13.3. The highest BCUT2D eigenvalue weighted by Gasteiger charge is 2.56. The molecule has 5 aliphatic rings. The molecule has 4 unspecified atom stereocenters. The number of phenolic OH excluding ortho intramolecular Hbond substituents is 1. The number of amides is 2. The lowest BCUT2D eigenvalue weighted by atomic mass is 9.58. The van der Waals surface area contributed by atoms with E-state index in [4.69, 9.17) is 4.74 Å². The van der Waals surface area contributed by atoms with Gasteiger partial charge < -0.3 is 9.84 Å². The van der Waals surface area contributed by atoms with Crippen LogP contribution >= 0.6 is 0 Å². The Morgan fingerprint density at radius 1 is 1.09 bits per heavy atom. The quantitative estimate of drug-likeness (QED) is 0.287. The zero-order valence-corrected chi connectivity index (χ0v) is 18.3. The third kappa shape index (κ3) is 2.75. The highest BCUT2D eigenvalue weighted by atomic mass is 16.5. The van der Waals surface area contributed by atoms with Gasteiger partial charge in [-0.2, -0.15) is 5.06 Å². The van der Waals surface area contributed by atoms with Crippen molar-refractivity contribution in [1.29, 1.82) is 0 Å². The smallest absolute Gasteiger partial charge is 0.257 e. The molecule has 8 nitrogen and oxygen atoms in total. The Bertz CT molecular complexity index is 1340. The SMILES string of the molecule is CC1=CC(=O)C2=C(C1=O)C(C1=COc3ccc(O)cc3C1)C1=CCC3C(=O)N(O)C(=O)C3C1C2. The van der Waals surface area contributed by atoms with Crippen LogP contribution in [0.1, 0.15) is 25.3 Å². The number of hydroxylamine groups is 2. The molecule has 2 N–H and O–H groups in total. The van der Waals surface area contributed by atoms with Gasteiger partial charge in [-0.25, -0.2) is 0 Å². The van der Waals surface area contributed by atoms with Crippen LogP contribution in [0.25, 0.3) is 0 Å². The van der Waals surface area contributed by atoms with Gasteiger partial charge in [0.05, 0.1) is 18.1 Å². The number of imide groups is 1. The van der Waals surface area contributed by atoms with Gasteiger partial charge in [0.15, 0.2) is 11.6 Å². The van der Waals surface area contributed by atoms with Crippen molar-refractivity contribution in [2.24, 2.45) is 23.7 Å². The largest absolute Gasteiger partial charge is 0.508 e. The molecular weight excluding hydrogens is 438 g/mol. The first-order valence-corrected chi connectivity index (χ1v) is 11.2. The molecule has 2 heterocycles. The molecule has 1 saturated heterocycles. The summed E-state index contributed by atoms with van der Waals surface area (Å²) in [5.74, 6) is -3.67. The number of carbonyl (C=O) groups is 4. The molecule has 1 aromatic carbocycles.